The van der Waals surface area contributed by atoms with E-state index in [1.807, 2.05) is 0 Å². The van der Waals surface area contributed by atoms with Gasteiger partial charge in [-0.3, -0.25) is 10.1 Å². The van der Waals surface area contributed by atoms with Crippen molar-refractivity contribution in [2.75, 3.05) is 7.11 Å². The zero-order valence-corrected chi connectivity index (χ0v) is 15.0. The lowest BCUT2D eigenvalue weighted by Crippen LogP contribution is -2.18. The van der Waals surface area contributed by atoms with Crippen LogP contribution in [0.15, 0.2) is 36.4 Å². The molecule has 1 atom stereocenters. The van der Waals surface area contributed by atoms with Crippen molar-refractivity contribution >= 4 is 22.7 Å². The molecule has 0 saturated carbocycles. The lowest BCUT2D eigenvalue weighted by atomic mass is 10.2. The maximum absolute atomic E-state index is 12.8. The Morgan fingerprint density at radius 2 is 1.97 bits per heavy atom. The first-order valence-corrected chi connectivity index (χ1v) is 8.08. The number of benzene rings is 2. The molecular formula is C17H13F3N4O5. The number of halogens is 3. The number of esters is 1. The highest BCUT2D eigenvalue weighted by Gasteiger charge is 2.33. The Balaban J connectivity index is 2.00. The third-order valence-electron chi connectivity index (χ3n) is 4.06. The Labute approximate surface area is 160 Å². The number of carbonyl (C=O) groups excluding carboxylic acids is 1. The average molecular weight is 410 g/mol. The van der Waals surface area contributed by atoms with Crippen molar-refractivity contribution in [3.63, 3.8) is 0 Å². The standard InChI is InChI=1S/C17H13F3N4O5/c1-9(16(25)28-2)23-13-8-11(4-5-12(13)21-22-23)29-15-6-3-10(17(18,19)20)7-14(15)24(26)27/h3-9H,1-2H3. The summed E-state index contributed by atoms with van der Waals surface area (Å²) < 4.78 is 49.9. The smallest absolute Gasteiger partial charge is 0.416 e. The molecule has 0 N–H and O–H groups in total. The molecule has 0 radical (unpaired) electrons. The van der Waals surface area contributed by atoms with Crippen molar-refractivity contribution in [2.24, 2.45) is 0 Å². The van der Waals surface area contributed by atoms with E-state index in [2.05, 4.69) is 15.0 Å². The van der Waals surface area contributed by atoms with Crippen LogP contribution in [-0.2, 0) is 15.7 Å². The van der Waals surface area contributed by atoms with Crippen LogP contribution >= 0.6 is 0 Å². The minimum Gasteiger partial charge on any atom is -0.467 e. The number of nitro benzene ring substituents is 1. The molecule has 0 amide bonds. The van der Waals surface area contributed by atoms with Crippen LogP contribution in [0.25, 0.3) is 11.0 Å². The maximum Gasteiger partial charge on any atom is 0.416 e. The number of aromatic nitrogens is 3. The van der Waals surface area contributed by atoms with Gasteiger partial charge >= 0.3 is 17.8 Å². The summed E-state index contributed by atoms with van der Waals surface area (Å²) in [7, 11) is 1.22. The normalized spacial score (nSPS) is 12.6. The molecule has 1 heterocycles. The fourth-order valence-corrected chi connectivity index (χ4v) is 2.59. The molecule has 12 heteroatoms. The van der Waals surface area contributed by atoms with Crippen molar-refractivity contribution in [3.05, 3.63) is 52.1 Å². The van der Waals surface area contributed by atoms with Gasteiger partial charge in [0.2, 0.25) is 5.75 Å². The van der Waals surface area contributed by atoms with Gasteiger partial charge in [-0.2, -0.15) is 13.2 Å². The van der Waals surface area contributed by atoms with E-state index in [1.54, 1.807) is 0 Å². The van der Waals surface area contributed by atoms with Crippen LogP contribution in [0.3, 0.4) is 0 Å². The Hall–Kier alpha value is -3.70. The van der Waals surface area contributed by atoms with Gasteiger partial charge in [-0.25, -0.2) is 9.48 Å². The third-order valence-corrected chi connectivity index (χ3v) is 4.06. The Morgan fingerprint density at radius 3 is 2.59 bits per heavy atom. The highest BCUT2D eigenvalue weighted by Crippen LogP contribution is 2.38. The second-order valence-electron chi connectivity index (χ2n) is 5.92. The summed E-state index contributed by atoms with van der Waals surface area (Å²) >= 11 is 0. The number of nitrogens with zero attached hydrogens (tertiary/aromatic N) is 4. The van der Waals surface area contributed by atoms with Crippen LogP contribution < -0.4 is 4.74 Å². The van der Waals surface area contributed by atoms with Crippen LogP contribution in [0.5, 0.6) is 11.5 Å². The van der Waals surface area contributed by atoms with Crippen molar-refractivity contribution in [2.45, 2.75) is 19.1 Å². The van der Waals surface area contributed by atoms with Crippen LogP contribution in [0.4, 0.5) is 18.9 Å². The Bertz CT molecular complexity index is 1100. The van der Waals surface area contributed by atoms with E-state index in [9.17, 15) is 28.1 Å². The second-order valence-corrected chi connectivity index (χ2v) is 5.92. The number of hydrogen-bond acceptors (Lipinski definition) is 7. The quantitative estimate of drug-likeness (QED) is 0.357. The minimum atomic E-state index is -4.73. The lowest BCUT2D eigenvalue weighted by molar-refractivity contribution is -0.385. The van der Waals surface area contributed by atoms with Gasteiger partial charge in [-0.05, 0) is 31.2 Å². The van der Waals surface area contributed by atoms with Crippen LogP contribution in [0.1, 0.15) is 18.5 Å². The van der Waals surface area contributed by atoms with E-state index in [1.165, 1.54) is 36.9 Å². The summed E-state index contributed by atoms with van der Waals surface area (Å²) in [6.07, 6.45) is -4.73. The molecule has 1 unspecified atom stereocenters. The first kappa shape index (κ1) is 20.0. The Kier molecular flexibility index (Phi) is 5.10. The van der Waals surface area contributed by atoms with Gasteiger partial charge in [-0.15, -0.1) is 5.10 Å². The first-order chi connectivity index (χ1) is 13.6. The summed E-state index contributed by atoms with van der Waals surface area (Å²) in [6.45, 7) is 1.54. The highest BCUT2D eigenvalue weighted by atomic mass is 19.4. The van der Waals surface area contributed by atoms with Crippen molar-refractivity contribution in [1.82, 2.24) is 15.0 Å². The molecule has 0 saturated heterocycles. The zero-order chi connectivity index (χ0) is 21.3. The Morgan fingerprint density at radius 1 is 1.24 bits per heavy atom. The third kappa shape index (κ3) is 3.95. The van der Waals surface area contributed by atoms with Gasteiger partial charge in [0.25, 0.3) is 0 Å². The summed E-state index contributed by atoms with van der Waals surface area (Å²) in [6, 6.07) is 5.49. The maximum atomic E-state index is 12.8. The fraction of sp³-hybridized carbons (Fsp3) is 0.235. The minimum absolute atomic E-state index is 0.0842. The number of nitro groups is 1. The van der Waals surface area contributed by atoms with E-state index < -0.39 is 34.4 Å². The number of hydrogen-bond donors (Lipinski definition) is 0. The first-order valence-electron chi connectivity index (χ1n) is 8.08. The summed E-state index contributed by atoms with van der Waals surface area (Å²) in [5.74, 6) is -0.857. The molecular weight excluding hydrogens is 397 g/mol. The largest absolute Gasteiger partial charge is 0.467 e. The molecule has 2 aromatic carbocycles. The van der Waals surface area contributed by atoms with E-state index in [0.717, 1.165) is 6.07 Å². The lowest BCUT2D eigenvalue weighted by Gasteiger charge is -2.11. The highest BCUT2D eigenvalue weighted by molar-refractivity contribution is 5.80. The molecule has 0 aliphatic heterocycles. The van der Waals surface area contributed by atoms with E-state index in [-0.39, 0.29) is 11.5 Å². The SMILES string of the molecule is COC(=O)C(C)n1nnc2ccc(Oc3ccc(C(F)(F)F)cc3[N+](=O)[O-])cc21. The molecule has 3 aromatic rings. The molecule has 0 aliphatic carbocycles. The van der Waals surface area contributed by atoms with E-state index >= 15 is 0 Å². The number of fused-ring (bicyclic) bond motifs is 1. The molecule has 152 valence electrons. The molecule has 3 rings (SSSR count). The topological polar surface area (TPSA) is 109 Å². The molecule has 0 aliphatic rings. The van der Waals surface area contributed by atoms with Crippen molar-refractivity contribution in [3.8, 4) is 11.5 Å². The predicted molar refractivity (Wildman–Crippen MR) is 92.4 cm³/mol. The van der Waals surface area contributed by atoms with E-state index in [4.69, 9.17) is 4.74 Å². The van der Waals surface area contributed by atoms with Crippen LogP contribution in [0, 0.1) is 10.1 Å². The molecule has 0 fully saturated rings. The zero-order valence-electron chi connectivity index (χ0n) is 15.0. The second kappa shape index (κ2) is 7.37. The number of rotatable bonds is 5. The average Bonchev–Trinajstić information content (AvgIpc) is 3.09. The van der Waals surface area contributed by atoms with E-state index in [0.29, 0.717) is 23.2 Å². The van der Waals surface area contributed by atoms with Gasteiger partial charge in [0.1, 0.15) is 17.3 Å². The fourth-order valence-electron chi connectivity index (χ4n) is 2.59. The van der Waals surface area contributed by atoms with Gasteiger partial charge in [0.05, 0.1) is 23.1 Å². The molecule has 1 aromatic heterocycles. The molecule has 0 spiro atoms. The van der Waals surface area contributed by atoms with Gasteiger partial charge in [0.15, 0.2) is 0 Å². The van der Waals surface area contributed by atoms with Crippen LogP contribution in [-0.4, -0.2) is 33.0 Å². The van der Waals surface area contributed by atoms with Crippen molar-refractivity contribution in [1.29, 1.82) is 0 Å². The summed E-state index contributed by atoms with van der Waals surface area (Å²) in [5, 5.41) is 19.0. The van der Waals surface area contributed by atoms with Gasteiger partial charge < -0.3 is 9.47 Å². The molecule has 0 bridgehead atoms. The summed E-state index contributed by atoms with van der Waals surface area (Å²) in [4.78, 5) is 22.0. The van der Waals surface area contributed by atoms with Crippen LogP contribution in [0.2, 0.25) is 0 Å². The summed E-state index contributed by atoms with van der Waals surface area (Å²) in [5.41, 5.74) is -1.22. The van der Waals surface area contributed by atoms with Gasteiger partial charge in [0, 0.05) is 12.1 Å². The van der Waals surface area contributed by atoms with Crippen molar-refractivity contribution < 1.29 is 32.4 Å². The predicted octanol–water partition coefficient (Wildman–Crippen LogP) is 3.88. The number of carbonyl (C=O) groups is 1. The number of alkyl halides is 3. The molecule has 29 heavy (non-hydrogen) atoms. The number of ether oxygens (including phenoxy) is 2. The molecule has 9 nitrogen and oxygen atoms in total. The monoisotopic (exact) mass is 410 g/mol. The van der Waals surface area contributed by atoms with Gasteiger partial charge in [-0.1, -0.05) is 5.21 Å². The number of methoxy groups -OCH3 is 1.